The molecule has 2 atom stereocenters. The molecule has 0 aliphatic carbocycles. The van der Waals surface area contributed by atoms with Crippen molar-refractivity contribution in [2.24, 2.45) is 5.92 Å². The molecular weight excluding hydrogens is 243 g/mol. The van der Waals surface area contributed by atoms with Gasteiger partial charge in [-0.2, -0.15) is 0 Å². The second-order valence-corrected chi connectivity index (χ2v) is 4.91. The lowest BCUT2D eigenvalue weighted by molar-refractivity contribution is 0.538. The molecule has 0 fully saturated rings. The summed E-state index contributed by atoms with van der Waals surface area (Å²) in [5.41, 5.74) is 1.19. The second-order valence-electron chi connectivity index (χ2n) is 3.73. The van der Waals surface area contributed by atoms with Crippen LogP contribution < -0.4 is 0 Å². The van der Waals surface area contributed by atoms with Crippen molar-refractivity contribution in [2.45, 2.75) is 31.5 Å². The van der Waals surface area contributed by atoms with E-state index in [0.29, 0.717) is 10.7 Å². The first-order valence-corrected chi connectivity index (χ1v) is 5.93. The van der Waals surface area contributed by atoms with Crippen LogP contribution in [0.1, 0.15) is 25.8 Å². The number of hydrogen-bond donors (Lipinski definition) is 0. The molecule has 78 valence electrons. The lowest BCUT2D eigenvalue weighted by Crippen LogP contribution is -2.12. The molecule has 1 rings (SSSR count). The fraction of sp³-hybridized carbons (Fsp3) is 0.500. The largest absolute Gasteiger partial charge is 0.207 e. The number of hydrogen-bond acceptors (Lipinski definition) is 0. The molecule has 0 saturated carbocycles. The molecule has 0 heterocycles. The topological polar surface area (TPSA) is 0 Å². The van der Waals surface area contributed by atoms with Crippen LogP contribution in [0.5, 0.6) is 0 Å². The second kappa shape index (κ2) is 5.50. The molecule has 0 amide bonds. The molecule has 0 saturated heterocycles. The van der Waals surface area contributed by atoms with Gasteiger partial charge in [-0.1, -0.05) is 48.3 Å². The van der Waals surface area contributed by atoms with Gasteiger partial charge in [-0.3, -0.25) is 0 Å². The average molecular weight is 259 g/mol. The standard InChI is InChI=1S/C12H16BrF/c1-3-9(2)12(13)8-10-4-6-11(14)7-5-10/h4-7,9,12H,3,8H2,1-2H3. The van der Waals surface area contributed by atoms with Crippen molar-refractivity contribution in [1.82, 2.24) is 0 Å². The third kappa shape index (κ3) is 3.41. The zero-order valence-corrected chi connectivity index (χ0v) is 10.2. The lowest BCUT2D eigenvalue weighted by Gasteiger charge is -2.16. The van der Waals surface area contributed by atoms with E-state index in [0.717, 1.165) is 12.8 Å². The van der Waals surface area contributed by atoms with Gasteiger partial charge in [0.1, 0.15) is 5.82 Å². The number of benzene rings is 1. The first-order valence-electron chi connectivity index (χ1n) is 5.02. The number of halogens is 2. The highest BCUT2D eigenvalue weighted by atomic mass is 79.9. The molecule has 2 heteroatoms. The molecule has 0 spiro atoms. The number of alkyl halides is 1. The molecule has 0 aromatic heterocycles. The lowest BCUT2D eigenvalue weighted by atomic mass is 9.99. The van der Waals surface area contributed by atoms with Crippen molar-refractivity contribution in [3.05, 3.63) is 35.6 Å². The van der Waals surface area contributed by atoms with Gasteiger partial charge in [0.15, 0.2) is 0 Å². The van der Waals surface area contributed by atoms with Crippen LogP contribution in [-0.4, -0.2) is 4.83 Å². The predicted octanol–water partition coefficient (Wildman–Crippen LogP) is 4.18. The van der Waals surface area contributed by atoms with E-state index in [4.69, 9.17) is 0 Å². The zero-order valence-electron chi connectivity index (χ0n) is 8.63. The van der Waals surface area contributed by atoms with E-state index in [-0.39, 0.29) is 5.82 Å². The van der Waals surface area contributed by atoms with E-state index in [9.17, 15) is 4.39 Å². The highest BCUT2D eigenvalue weighted by molar-refractivity contribution is 9.09. The van der Waals surface area contributed by atoms with E-state index >= 15 is 0 Å². The van der Waals surface area contributed by atoms with Crippen LogP contribution in [0.4, 0.5) is 4.39 Å². The third-order valence-corrected chi connectivity index (χ3v) is 3.83. The van der Waals surface area contributed by atoms with Gasteiger partial charge in [0.05, 0.1) is 0 Å². The van der Waals surface area contributed by atoms with Crippen LogP contribution in [0.2, 0.25) is 0 Å². The van der Waals surface area contributed by atoms with E-state index in [1.807, 2.05) is 12.1 Å². The summed E-state index contributed by atoms with van der Waals surface area (Å²) in [5.74, 6) is 0.489. The van der Waals surface area contributed by atoms with Crippen LogP contribution in [0.3, 0.4) is 0 Å². The SMILES string of the molecule is CCC(C)C(Br)Cc1ccc(F)cc1. The summed E-state index contributed by atoms with van der Waals surface area (Å²) < 4.78 is 12.6. The maximum Gasteiger partial charge on any atom is 0.123 e. The summed E-state index contributed by atoms with van der Waals surface area (Å²) in [6.07, 6.45) is 2.13. The van der Waals surface area contributed by atoms with Gasteiger partial charge >= 0.3 is 0 Å². The van der Waals surface area contributed by atoms with Crippen LogP contribution >= 0.6 is 15.9 Å². The summed E-state index contributed by atoms with van der Waals surface area (Å²) in [4.78, 5) is 0.484. The van der Waals surface area contributed by atoms with Gasteiger partial charge in [-0.25, -0.2) is 4.39 Å². The van der Waals surface area contributed by atoms with Crippen LogP contribution in [0.25, 0.3) is 0 Å². The fourth-order valence-electron chi connectivity index (χ4n) is 1.30. The van der Waals surface area contributed by atoms with E-state index < -0.39 is 0 Å². The summed E-state index contributed by atoms with van der Waals surface area (Å²) in [5, 5.41) is 0. The van der Waals surface area contributed by atoms with Crippen molar-refractivity contribution >= 4 is 15.9 Å². The zero-order chi connectivity index (χ0) is 10.6. The Hall–Kier alpha value is -0.370. The first kappa shape index (κ1) is 11.7. The van der Waals surface area contributed by atoms with Crippen LogP contribution in [0.15, 0.2) is 24.3 Å². The maximum absolute atomic E-state index is 12.6. The van der Waals surface area contributed by atoms with Crippen molar-refractivity contribution < 1.29 is 4.39 Å². The Balaban J connectivity index is 2.56. The van der Waals surface area contributed by atoms with Crippen molar-refractivity contribution in [2.75, 3.05) is 0 Å². The fourth-order valence-corrected chi connectivity index (χ4v) is 2.05. The quantitative estimate of drug-likeness (QED) is 0.711. The minimum atomic E-state index is -0.164. The monoisotopic (exact) mass is 258 g/mol. The molecular formula is C12H16BrF. The summed E-state index contributed by atoms with van der Waals surface area (Å²) >= 11 is 3.66. The van der Waals surface area contributed by atoms with Crippen LogP contribution in [0, 0.1) is 11.7 Å². The Labute approximate surface area is 93.7 Å². The molecule has 0 N–H and O–H groups in total. The van der Waals surface area contributed by atoms with Crippen molar-refractivity contribution in [3.8, 4) is 0 Å². The van der Waals surface area contributed by atoms with E-state index in [2.05, 4.69) is 29.8 Å². The molecule has 1 aromatic carbocycles. The molecule has 1 aromatic rings. The van der Waals surface area contributed by atoms with Gasteiger partial charge in [0.2, 0.25) is 0 Å². The molecule has 0 aliphatic rings. The molecule has 0 radical (unpaired) electrons. The summed E-state index contributed by atoms with van der Waals surface area (Å²) in [6, 6.07) is 6.75. The van der Waals surface area contributed by atoms with E-state index in [1.54, 1.807) is 0 Å². The first-order chi connectivity index (χ1) is 6.63. The van der Waals surface area contributed by atoms with Crippen molar-refractivity contribution in [1.29, 1.82) is 0 Å². The number of rotatable bonds is 4. The average Bonchev–Trinajstić information content (AvgIpc) is 2.20. The Morgan fingerprint density at radius 1 is 1.29 bits per heavy atom. The van der Waals surface area contributed by atoms with Crippen molar-refractivity contribution in [3.63, 3.8) is 0 Å². The molecule has 0 bridgehead atoms. The third-order valence-electron chi connectivity index (χ3n) is 2.61. The minimum Gasteiger partial charge on any atom is -0.207 e. The smallest absolute Gasteiger partial charge is 0.123 e. The molecule has 0 nitrogen and oxygen atoms in total. The van der Waals surface area contributed by atoms with Gasteiger partial charge in [-0.05, 0) is 30.0 Å². The Morgan fingerprint density at radius 2 is 1.86 bits per heavy atom. The molecule has 0 aliphatic heterocycles. The normalized spacial score (nSPS) is 15.1. The predicted molar refractivity (Wildman–Crippen MR) is 62.3 cm³/mol. The molecule has 2 unspecified atom stereocenters. The van der Waals surface area contributed by atoms with Crippen LogP contribution in [-0.2, 0) is 6.42 Å². The maximum atomic E-state index is 12.6. The highest BCUT2D eigenvalue weighted by Gasteiger charge is 2.12. The van der Waals surface area contributed by atoms with Gasteiger partial charge in [0, 0.05) is 4.83 Å². The summed E-state index contributed by atoms with van der Waals surface area (Å²) in [6.45, 7) is 4.41. The van der Waals surface area contributed by atoms with Gasteiger partial charge in [-0.15, -0.1) is 0 Å². The Kier molecular flexibility index (Phi) is 4.59. The minimum absolute atomic E-state index is 0.164. The molecule has 14 heavy (non-hydrogen) atoms. The van der Waals surface area contributed by atoms with E-state index in [1.165, 1.54) is 17.7 Å². The summed E-state index contributed by atoms with van der Waals surface area (Å²) in [7, 11) is 0. The Bertz CT molecular complexity index is 268. The van der Waals surface area contributed by atoms with Gasteiger partial charge in [0.25, 0.3) is 0 Å². The van der Waals surface area contributed by atoms with Gasteiger partial charge < -0.3 is 0 Å². The highest BCUT2D eigenvalue weighted by Crippen LogP contribution is 2.20. The Morgan fingerprint density at radius 3 is 2.36 bits per heavy atom.